The number of hydrogen-bond acceptors (Lipinski definition) is 4. The molecule has 0 saturated carbocycles. The highest BCUT2D eigenvalue weighted by atomic mass is 35.5. The second-order valence-corrected chi connectivity index (χ2v) is 11.8. The van der Waals surface area contributed by atoms with E-state index in [0.29, 0.717) is 13.0 Å². The van der Waals surface area contributed by atoms with Gasteiger partial charge in [-0.3, -0.25) is 13.9 Å². The normalized spacial score (nSPS) is 12.0. The van der Waals surface area contributed by atoms with Crippen LogP contribution in [0, 0.1) is 12.7 Å². The van der Waals surface area contributed by atoms with Crippen LogP contribution in [-0.2, 0) is 26.2 Å². The van der Waals surface area contributed by atoms with E-state index in [1.807, 2.05) is 38.1 Å². The molecule has 0 saturated heterocycles. The van der Waals surface area contributed by atoms with Gasteiger partial charge >= 0.3 is 0 Å². The molecular weight excluding hydrogens is 553 g/mol. The summed E-state index contributed by atoms with van der Waals surface area (Å²) in [7, 11) is -4.26. The van der Waals surface area contributed by atoms with Crippen LogP contribution in [0.5, 0.6) is 0 Å². The zero-order chi connectivity index (χ0) is 29.3. The second-order valence-electron chi connectivity index (χ2n) is 9.50. The first-order chi connectivity index (χ1) is 19.1. The van der Waals surface area contributed by atoms with E-state index in [1.54, 1.807) is 25.1 Å². The van der Waals surface area contributed by atoms with Gasteiger partial charge in [-0.05, 0) is 55.7 Å². The molecule has 3 aromatic rings. The molecule has 1 N–H and O–H groups in total. The smallest absolute Gasteiger partial charge is 0.264 e. The summed E-state index contributed by atoms with van der Waals surface area (Å²) in [6, 6.07) is 17.9. The third kappa shape index (κ3) is 7.82. The van der Waals surface area contributed by atoms with Crippen molar-refractivity contribution < 1.29 is 22.4 Å². The van der Waals surface area contributed by atoms with E-state index in [4.69, 9.17) is 11.6 Å². The molecule has 40 heavy (non-hydrogen) atoms. The van der Waals surface area contributed by atoms with Crippen molar-refractivity contribution in [1.82, 2.24) is 10.2 Å². The van der Waals surface area contributed by atoms with Crippen LogP contribution in [0.1, 0.15) is 44.2 Å². The maximum atomic E-state index is 14.0. The molecule has 214 valence electrons. The van der Waals surface area contributed by atoms with Crippen molar-refractivity contribution >= 4 is 39.1 Å². The fraction of sp³-hybridized carbons (Fsp3) is 0.333. The number of nitrogens with one attached hydrogen (secondary N) is 1. The standard InChI is InChI=1S/C30H35ClFN3O4S/c1-4-6-18-33-30(37)28(5-2)34(20-23-14-12-22(3)13-15-23)29(36)21-35(24-16-17-27(32)26(31)19-24)40(38,39)25-10-8-7-9-11-25/h7-17,19,28H,4-6,18,20-21H2,1-3H3,(H,33,37)/t28-/m0/s1. The average molecular weight is 588 g/mol. The Kier molecular flexibility index (Phi) is 11.1. The van der Waals surface area contributed by atoms with Crippen LogP contribution in [0.15, 0.2) is 77.7 Å². The van der Waals surface area contributed by atoms with Gasteiger partial charge in [-0.2, -0.15) is 0 Å². The lowest BCUT2D eigenvalue weighted by molar-refractivity contribution is -0.140. The van der Waals surface area contributed by atoms with Gasteiger partial charge in [-0.25, -0.2) is 12.8 Å². The molecule has 0 aromatic heterocycles. The molecule has 0 aliphatic carbocycles. The Balaban J connectivity index is 2.04. The number of amides is 2. The van der Waals surface area contributed by atoms with E-state index >= 15 is 0 Å². The number of unbranched alkanes of at least 4 members (excludes halogenated alkanes) is 1. The van der Waals surface area contributed by atoms with Gasteiger partial charge in [-0.15, -0.1) is 0 Å². The number of carbonyl (C=O) groups is 2. The lowest BCUT2D eigenvalue weighted by Crippen LogP contribution is -2.52. The minimum atomic E-state index is -4.26. The van der Waals surface area contributed by atoms with Crippen molar-refractivity contribution in [3.05, 3.63) is 94.8 Å². The molecule has 2 amide bonds. The summed E-state index contributed by atoms with van der Waals surface area (Å²) in [6.07, 6.45) is 2.02. The minimum Gasteiger partial charge on any atom is -0.354 e. The van der Waals surface area contributed by atoms with Crippen molar-refractivity contribution in [1.29, 1.82) is 0 Å². The Bertz CT molecular complexity index is 1400. The molecule has 7 nitrogen and oxygen atoms in total. The van der Waals surface area contributed by atoms with Gasteiger partial charge in [0.05, 0.1) is 15.6 Å². The summed E-state index contributed by atoms with van der Waals surface area (Å²) < 4.78 is 42.4. The van der Waals surface area contributed by atoms with Crippen molar-refractivity contribution in [2.45, 2.75) is 57.5 Å². The Hall–Kier alpha value is -3.43. The predicted molar refractivity (Wildman–Crippen MR) is 156 cm³/mol. The SMILES string of the molecule is CCCCNC(=O)[C@H](CC)N(Cc1ccc(C)cc1)C(=O)CN(c1ccc(F)c(Cl)c1)S(=O)(=O)c1ccccc1. The quantitative estimate of drug-likeness (QED) is 0.260. The largest absolute Gasteiger partial charge is 0.354 e. The van der Waals surface area contributed by atoms with Crippen molar-refractivity contribution in [3.8, 4) is 0 Å². The number of benzene rings is 3. The number of hydrogen-bond donors (Lipinski definition) is 1. The highest BCUT2D eigenvalue weighted by Crippen LogP contribution is 2.28. The minimum absolute atomic E-state index is 0.0272. The van der Waals surface area contributed by atoms with Gasteiger partial charge in [-0.1, -0.05) is 79.9 Å². The number of nitrogens with zero attached hydrogens (tertiary/aromatic N) is 2. The molecule has 0 aliphatic heterocycles. The molecule has 0 aliphatic rings. The molecule has 0 fully saturated rings. The molecule has 0 bridgehead atoms. The topological polar surface area (TPSA) is 86.8 Å². The fourth-order valence-electron chi connectivity index (χ4n) is 4.20. The molecule has 0 heterocycles. The Morgan fingerprint density at radius 1 is 1.00 bits per heavy atom. The first kappa shape index (κ1) is 31.1. The van der Waals surface area contributed by atoms with E-state index < -0.39 is 34.3 Å². The summed E-state index contributed by atoms with van der Waals surface area (Å²) >= 11 is 6.00. The summed E-state index contributed by atoms with van der Waals surface area (Å²) in [5.74, 6) is -1.61. The number of sulfonamides is 1. The van der Waals surface area contributed by atoms with Crippen LogP contribution in [0.4, 0.5) is 10.1 Å². The summed E-state index contributed by atoms with van der Waals surface area (Å²) in [6.45, 7) is 5.72. The number of rotatable bonds is 13. The Labute approximate surface area is 241 Å². The lowest BCUT2D eigenvalue weighted by atomic mass is 10.1. The van der Waals surface area contributed by atoms with Crippen molar-refractivity contribution in [3.63, 3.8) is 0 Å². The molecule has 0 spiro atoms. The van der Waals surface area contributed by atoms with E-state index in [9.17, 15) is 22.4 Å². The van der Waals surface area contributed by atoms with Crippen LogP contribution >= 0.6 is 11.6 Å². The van der Waals surface area contributed by atoms with Gasteiger partial charge in [0.1, 0.15) is 18.4 Å². The maximum Gasteiger partial charge on any atom is 0.264 e. The number of anilines is 1. The Morgan fingerprint density at radius 3 is 2.27 bits per heavy atom. The molecule has 1 atom stereocenters. The van der Waals surface area contributed by atoms with Gasteiger partial charge in [0.2, 0.25) is 11.8 Å². The van der Waals surface area contributed by atoms with E-state index in [-0.39, 0.29) is 28.1 Å². The van der Waals surface area contributed by atoms with E-state index in [0.717, 1.165) is 34.3 Å². The van der Waals surface area contributed by atoms with Crippen LogP contribution in [0.25, 0.3) is 0 Å². The summed E-state index contributed by atoms with van der Waals surface area (Å²) in [4.78, 5) is 28.6. The highest BCUT2D eigenvalue weighted by molar-refractivity contribution is 7.92. The molecule has 3 aromatic carbocycles. The van der Waals surface area contributed by atoms with Crippen LogP contribution in [0.2, 0.25) is 5.02 Å². The maximum absolute atomic E-state index is 14.0. The molecule has 10 heteroatoms. The van der Waals surface area contributed by atoms with Gasteiger partial charge in [0, 0.05) is 13.1 Å². The monoisotopic (exact) mass is 587 g/mol. The van der Waals surface area contributed by atoms with Gasteiger partial charge in [0.25, 0.3) is 10.0 Å². The number of halogens is 2. The highest BCUT2D eigenvalue weighted by Gasteiger charge is 2.33. The van der Waals surface area contributed by atoms with Crippen molar-refractivity contribution in [2.75, 3.05) is 17.4 Å². The molecule has 0 unspecified atom stereocenters. The van der Waals surface area contributed by atoms with Crippen LogP contribution < -0.4 is 9.62 Å². The van der Waals surface area contributed by atoms with E-state index in [1.165, 1.54) is 29.2 Å². The molecular formula is C30H35ClFN3O4S. The third-order valence-corrected chi connectivity index (χ3v) is 8.57. The zero-order valence-electron chi connectivity index (χ0n) is 22.9. The summed E-state index contributed by atoms with van der Waals surface area (Å²) in [5, 5.41) is 2.61. The molecule has 0 radical (unpaired) electrons. The number of aryl methyl sites for hydroxylation is 1. The van der Waals surface area contributed by atoms with Crippen molar-refractivity contribution in [2.24, 2.45) is 0 Å². The number of carbonyl (C=O) groups excluding carboxylic acids is 2. The average Bonchev–Trinajstić information content (AvgIpc) is 2.94. The van der Waals surface area contributed by atoms with E-state index in [2.05, 4.69) is 5.32 Å². The lowest BCUT2D eigenvalue weighted by Gasteiger charge is -2.33. The van der Waals surface area contributed by atoms with Gasteiger partial charge in [0.15, 0.2) is 0 Å². The summed E-state index contributed by atoms with van der Waals surface area (Å²) in [5.41, 5.74) is 1.86. The zero-order valence-corrected chi connectivity index (χ0v) is 24.5. The van der Waals surface area contributed by atoms with Crippen LogP contribution in [-0.4, -0.2) is 44.3 Å². The fourth-order valence-corrected chi connectivity index (χ4v) is 5.81. The van der Waals surface area contributed by atoms with Crippen LogP contribution in [0.3, 0.4) is 0 Å². The molecule has 3 rings (SSSR count). The first-order valence-corrected chi connectivity index (χ1v) is 15.1. The third-order valence-electron chi connectivity index (χ3n) is 6.49. The second kappa shape index (κ2) is 14.3. The van der Waals surface area contributed by atoms with Gasteiger partial charge < -0.3 is 10.2 Å². The first-order valence-electron chi connectivity index (χ1n) is 13.2. The Morgan fingerprint density at radius 2 is 1.68 bits per heavy atom. The predicted octanol–water partition coefficient (Wildman–Crippen LogP) is 5.71.